The summed E-state index contributed by atoms with van der Waals surface area (Å²) in [6.45, 7) is 9.15. The van der Waals surface area contributed by atoms with E-state index in [1.807, 2.05) is 0 Å². The Morgan fingerprint density at radius 2 is 2.06 bits per heavy atom. The topological polar surface area (TPSA) is 18.5 Å². The van der Waals surface area contributed by atoms with E-state index in [-0.39, 0.29) is 0 Å². The summed E-state index contributed by atoms with van der Waals surface area (Å²) >= 11 is 0. The highest BCUT2D eigenvalue weighted by Gasteiger charge is 2.30. The number of hydrogen-bond donors (Lipinski definition) is 1. The van der Waals surface area contributed by atoms with E-state index < -0.39 is 0 Å². The van der Waals surface area contributed by atoms with E-state index in [0.717, 1.165) is 12.6 Å². The number of likely N-dealkylation sites (tertiary alicyclic amines) is 2. The SMILES string of the molecule is C#CCNCC(C)N1CCC(N2CCCCC2)C1. The van der Waals surface area contributed by atoms with E-state index in [1.165, 1.54) is 51.9 Å². The number of terminal acetylenes is 1. The Kier molecular flexibility index (Phi) is 5.49. The Morgan fingerprint density at radius 3 is 2.78 bits per heavy atom. The average molecular weight is 249 g/mol. The van der Waals surface area contributed by atoms with Crippen molar-refractivity contribution in [1.82, 2.24) is 15.1 Å². The Hall–Kier alpha value is -0.560. The Bertz CT molecular complexity index is 278. The molecule has 3 nitrogen and oxygen atoms in total. The molecule has 0 radical (unpaired) electrons. The van der Waals surface area contributed by atoms with Crippen molar-refractivity contribution in [2.24, 2.45) is 0 Å². The molecule has 2 atom stereocenters. The second-order valence-electron chi connectivity index (χ2n) is 5.72. The van der Waals surface area contributed by atoms with E-state index in [4.69, 9.17) is 6.42 Å². The molecule has 0 bridgehead atoms. The highest BCUT2D eigenvalue weighted by Crippen LogP contribution is 2.21. The maximum Gasteiger partial charge on any atom is 0.0574 e. The van der Waals surface area contributed by atoms with Gasteiger partial charge in [0.1, 0.15) is 0 Å². The fourth-order valence-corrected chi connectivity index (χ4v) is 3.23. The number of hydrogen-bond acceptors (Lipinski definition) is 3. The van der Waals surface area contributed by atoms with Crippen LogP contribution in [0.1, 0.15) is 32.6 Å². The maximum absolute atomic E-state index is 5.25. The molecule has 1 N–H and O–H groups in total. The normalized spacial score (nSPS) is 28.1. The molecule has 0 amide bonds. The Morgan fingerprint density at radius 1 is 1.28 bits per heavy atom. The maximum atomic E-state index is 5.25. The summed E-state index contributed by atoms with van der Waals surface area (Å²) < 4.78 is 0. The summed E-state index contributed by atoms with van der Waals surface area (Å²) in [5, 5.41) is 3.31. The summed E-state index contributed by atoms with van der Waals surface area (Å²) in [6, 6.07) is 1.41. The fourth-order valence-electron chi connectivity index (χ4n) is 3.23. The first kappa shape index (κ1) is 13.9. The lowest BCUT2D eigenvalue weighted by molar-refractivity contribution is 0.154. The van der Waals surface area contributed by atoms with Crippen molar-refractivity contribution in [2.75, 3.05) is 39.3 Å². The highest BCUT2D eigenvalue weighted by molar-refractivity contribution is 4.90. The minimum Gasteiger partial charge on any atom is -0.305 e. The molecule has 3 heteroatoms. The molecular formula is C15H27N3. The summed E-state index contributed by atoms with van der Waals surface area (Å²) in [5.74, 6) is 2.64. The molecule has 0 saturated carbocycles. The molecule has 0 aliphatic carbocycles. The second kappa shape index (κ2) is 7.13. The molecule has 0 aromatic rings. The summed E-state index contributed by atoms with van der Waals surface area (Å²) in [6.07, 6.45) is 10.8. The molecule has 18 heavy (non-hydrogen) atoms. The Labute approximate surface area is 112 Å². The van der Waals surface area contributed by atoms with Crippen LogP contribution in [0.25, 0.3) is 0 Å². The largest absolute Gasteiger partial charge is 0.305 e. The molecule has 2 aliphatic heterocycles. The molecule has 0 aromatic carbocycles. The smallest absolute Gasteiger partial charge is 0.0574 e. The van der Waals surface area contributed by atoms with Crippen LogP contribution in [0, 0.1) is 12.3 Å². The molecule has 0 spiro atoms. The predicted octanol–water partition coefficient (Wildman–Crippen LogP) is 1.16. The van der Waals surface area contributed by atoms with Crippen LogP contribution in [-0.4, -0.2) is 61.2 Å². The van der Waals surface area contributed by atoms with Crippen molar-refractivity contribution < 1.29 is 0 Å². The first-order valence-electron chi connectivity index (χ1n) is 7.43. The lowest BCUT2D eigenvalue weighted by atomic mass is 10.1. The van der Waals surface area contributed by atoms with Crippen molar-refractivity contribution >= 4 is 0 Å². The number of piperidine rings is 1. The van der Waals surface area contributed by atoms with Crippen molar-refractivity contribution in [2.45, 2.75) is 44.7 Å². The summed E-state index contributed by atoms with van der Waals surface area (Å²) in [5.41, 5.74) is 0. The third-order valence-electron chi connectivity index (χ3n) is 4.39. The molecule has 2 fully saturated rings. The van der Waals surface area contributed by atoms with Crippen LogP contribution in [0.3, 0.4) is 0 Å². The molecule has 2 rings (SSSR count). The number of nitrogens with one attached hydrogen (secondary N) is 1. The predicted molar refractivity (Wildman–Crippen MR) is 76.6 cm³/mol. The zero-order valence-electron chi connectivity index (χ0n) is 11.7. The minimum absolute atomic E-state index is 0.605. The van der Waals surface area contributed by atoms with E-state index >= 15 is 0 Å². The number of nitrogens with zero attached hydrogens (tertiary/aromatic N) is 2. The standard InChI is InChI=1S/C15H27N3/c1-3-8-16-12-14(2)18-11-7-15(13-18)17-9-5-4-6-10-17/h1,14-16H,4-13H2,2H3. The average Bonchev–Trinajstić information content (AvgIpc) is 2.89. The molecule has 2 saturated heterocycles. The van der Waals surface area contributed by atoms with Crippen molar-refractivity contribution in [1.29, 1.82) is 0 Å². The van der Waals surface area contributed by atoms with Gasteiger partial charge in [-0.05, 0) is 39.3 Å². The van der Waals surface area contributed by atoms with Gasteiger partial charge in [-0.1, -0.05) is 12.3 Å². The lowest BCUT2D eigenvalue weighted by Gasteiger charge is -2.33. The summed E-state index contributed by atoms with van der Waals surface area (Å²) in [7, 11) is 0. The van der Waals surface area contributed by atoms with Gasteiger partial charge >= 0.3 is 0 Å². The van der Waals surface area contributed by atoms with Crippen LogP contribution < -0.4 is 5.32 Å². The molecule has 102 valence electrons. The van der Waals surface area contributed by atoms with Gasteiger partial charge in [0, 0.05) is 31.7 Å². The van der Waals surface area contributed by atoms with Crippen LogP contribution in [0.2, 0.25) is 0 Å². The van der Waals surface area contributed by atoms with E-state index in [0.29, 0.717) is 12.6 Å². The zero-order chi connectivity index (χ0) is 12.8. The van der Waals surface area contributed by atoms with E-state index in [1.54, 1.807) is 0 Å². The van der Waals surface area contributed by atoms with Crippen LogP contribution in [-0.2, 0) is 0 Å². The van der Waals surface area contributed by atoms with Gasteiger partial charge in [-0.3, -0.25) is 9.80 Å². The van der Waals surface area contributed by atoms with Crippen LogP contribution >= 0.6 is 0 Å². The summed E-state index contributed by atoms with van der Waals surface area (Å²) in [4.78, 5) is 5.33. The van der Waals surface area contributed by atoms with Crippen molar-refractivity contribution in [3.63, 3.8) is 0 Å². The molecular weight excluding hydrogens is 222 g/mol. The lowest BCUT2D eigenvalue weighted by Crippen LogP contribution is -2.44. The second-order valence-corrected chi connectivity index (χ2v) is 5.72. The first-order valence-corrected chi connectivity index (χ1v) is 7.43. The van der Waals surface area contributed by atoms with Gasteiger partial charge in [-0.15, -0.1) is 6.42 Å². The molecule has 2 unspecified atom stereocenters. The van der Waals surface area contributed by atoms with E-state index in [9.17, 15) is 0 Å². The Balaban J connectivity index is 1.71. The quantitative estimate of drug-likeness (QED) is 0.583. The van der Waals surface area contributed by atoms with Crippen LogP contribution in [0.4, 0.5) is 0 Å². The highest BCUT2D eigenvalue weighted by atomic mass is 15.3. The van der Waals surface area contributed by atoms with Gasteiger partial charge in [-0.2, -0.15) is 0 Å². The van der Waals surface area contributed by atoms with E-state index in [2.05, 4.69) is 28.0 Å². The zero-order valence-corrected chi connectivity index (χ0v) is 11.7. The molecule has 2 heterocycles. The molecule has 2 aliphatic rings. The molecule has 0 aromatic heterocycles. The fraction of sp³-hybridized carbons (Fsp3) is 0.867. The van der Waals surface area contributed by atoms with Crippen molar-refractivity contribution in [3.8, 4) is 12.3 Å². The van der Waals surface area contributed by atoms with Gasteiger partial charge in [0.25, 0.3) is 0 Å². The van der Waals surface area contributed by atoms with Gasteiger partial charge < -0.3 is 5.32 Å². The van der Waals surface area contributed by atoms with Crippen molar-refractivity contribution in [3.05, 3.63) is 0 Å². The van der Waals surface area contributed by atoms with Crippen LogP contribution in [0.5, 0.6) is 0 Å². The van der Waals surface area contributed by atoms with Gasteiger partial charge in [0.2, 0.25) is 0 Å². The first-order chi connectivity index (χ1) is 8.81. The minimum atomic E-state index is 0.605. The third kappa shape index (κ3) is 3.71. The van der Waals surface area contributed by atoms with Gasteiger partial charge in [-0.25, -0.2) is 0 Å². The van der Waals surface area contributed by atoms with Crippen LogP contribution in [0.15, 0.2) is 0 Å². The number of rotatable bonds is 5. The van der Waals surface area contributed by atoms with Gasteiger partial charge in [0.05, 0.1) is 6.54 Å². The third-order valence-corrected chi connectivity index (χ3v) is 4.39. The monoisotopic (exact) mass is 249 g/mol. The van der Waals surface area contributed by atoms with Gasteiger partial charge in [0.15, 0.2) is 0 Å².